The molecule has 0 bridgehead atoms. The number of benzene rings is 3. The molecular weight excluding hydrogens is 436 g/mol. The minimum atomic E-state index is -0.111. The number of hydrogen-bond donors (Lipinski definition) is 1. The highest BCUT2D eigenvalue weighted by atomic mass is 32.1. The minimum absolute atomic E-state index is 0.111. The summed E-state index contributed by atoms with van der Waals surface area (Å²) in [5, 5.41) is 10.7. The first-order chi connectivity index (χ1) is 15.9. The first-order valence-corrected chi connectivity index (χ1v) is 11.1. The summed E-state index contributed by atoms with van der Waals surface area (Å²) in [5.41, 5.74) is 4.48. The van der Waals surface area contributed by atoms with E-state index >= 15 is 0 Å². The Morgan fingerprint density at radius 2 is 1.76 bits per heavy atom. The molecule has 1 N–H and O–H groups in total. The Morgan fingerprint density at radius 3 is 2.48 bits per heavy atom. The molecule has 0 aliphatic carbocycles. The predicted octanol–water partition coefficient (Wildman–Crippen LogP) is 6.70. The molecule has 0 fully saturated rings. The van der Waals surface area contributed by atoms with Crippen molar-refractivity contribution in [2.24, 2.45) is 0 Å². The third kappa shape index (κ3) is 4.66. The second kappa shape index (κ2) is 9.30. The van der Waals surface area contributed by atoms with Crippen LogP contribution in [0.15, 0.2) is 60.9 Å². The Bertz CT molecular complexity index is 1380. The van der Waals surface area contributed by atoms with Crippen molar-refractivity contribution < 1.29 is 24.2 Å². The van der Waals surface area contributed by atoms with Crippen molar-refractivity contribution in [3.63, 3.8) is 0 Å². The van der Waals surface area contributed by atoms with Crippen molar-refractivity contribution in [2.45, 2.75) is 20.8 Å². The smallest absolute Gasteiger partial charge is 0.297 e. The van der Waals surface area contributed by atoms with Gasteiger partial charge in [-0.2, -0.15) is 0 Å². The molecule has 33 heavy (non-hydrogen) atoms. The minimum Gasteiger partial charge on any atom is -0.508 e. The van der Waals surface area contributed by atoms with Crippen LogP contribution in [0, 0.1) is 20.8 Å². The molecule has 3 aromatic carbocycles. The average molecular weight is 459 g/mol. The summed E-state index contributed by atoms with van der Waals surface area (Å²) < 4.78 is 11.6. The molecule has 0 atom stereocenters. The van der Waals surface area contributed by atoms with Gasteiger partial charge in [0, 0.05) is 15.6 Å². The van der Waals surface area contributed by atoms with Crippen molar-refractivity contribution in [3.05, 3.63) is 93.6 Å². The Kier molecular flexibility index (Phi) is 6.29. The molecule has 4 rings (SSSR count). The Morgan fingerprint density at radius 1 is 1.00 bits per heavy atom. The molecule has 0 unspecified atom stereocenters. The second-order valence-electron chi connectivity index (χ2n) is 7.73. The van der Waals surface area contributed by atoms with E-state index in [-0.39, 0.29) is 11.5 Å². The zero-order chi connectivity index (χ0) is 23.5. The maximum atomic E-state index is 13.7. The molecule has 0 aliphatic rings. The highest BCUT2D eigenvalue weighted by Crippen LogP contribution is 2.43. The number of thiophene rings is 1. The van der Waals surface area contributed by atoms with E-state index in [1.165, 1.54) is 17.6 Å². The van der Waals surface area contributed by atoms with Gasteiger partial charge in [0.15, 0.2) is 5.75 Å². The molecule has 6 heteroatoms. The van der Waals surface area contributed by atoms with Crippen molar-refractivity contribution in [2.75, 3.05) is 0 Å². The number of aromatic hydroxyl groups is 1. The van der Waals surface area contributed by atoms with Crippen LogP contribution in [0.2, 0.25) is 0 Å². The molecule has 0 amide bonds. The summed E-state index contributed by atoms with van der Waals surface area (Å²) in [6.07, 6.45) is 2.95. The summed E-state index contributed by atoms with van der Waals surface area (Å²) in [6, 6.07) is 16.1. The maximum Gasteiger partial charge on any atom is 0.297 e. The Labute approximate surface area is 195 Å². The van der Waals surface area contributed by atoms with Crippen LogP contribution >= 0.6 is 11.3 Å². The van der Waals surface area contributed by atoms with Gasteiger partial charge in [-0.25, -0.2) is 0 Å². The lowest BCUT2D eigenvalue weighted by Crippen LogP contribution is -2.05. The van der Waals surface area contributed by atoms with Crippen LogP contribution in [-0.4, -0.2) is 17.4 Å². The van der Waals surface area contributed by atoms with Crippen LogP contribution in [0.5, 0.6) is 17.2 Å². The van der Waals surface area contributed by atoms with Crippen molar-refractivity contribution >= 4 is 39.8 Å². The van der Waals surface area contributed by atoms with Crippen LogP contribution in [0.4, 0.5) is 0 Å². The van der Waals surface area contributed by atoms with Crippen LogP contribution in [0.25, 0.3) is 16.2 Å². The van der Waals surface area contributed by atoms with E-state index < -0.39 is 0 Å². The summed E-state index contributed by atoms with van der Waals surface area (Å²) in [6.45, 7) is 6.26. The average Bonchev–Trinajstić information content (AvgIpc) is 3.14. The number of phenolic OH excluding ortho intramolecular Hbond substituents is 1. The topological polar surface area (TPSA) is 72.8 Å². The van der Waals surface area contributed by atoms with Gasteiger partial charge in [-0.05, 0) is 79.9 Å². The largest absolute Gasteiger partial charge is 0.508 e. The van der Waals surface area contributed by atoms with Gasteiger partial charge in [-0.1, -0.05) is 23.8 Å². The number of carbonyl (C=O) groups excluding carboxylic acids is 2. The fourth-order valence-electron chi connectivity index (χ4n) is 3.63. The molecule has 5 nitrogen and oxygen atoms in total. The lowest BCUT2D eigenvalue weighted by Gasteiger charge is -2.11. The normalized spacial score (nSPS) is 11.1. The quantitative estimate of drug-likeness (QED) is 0.190. The number of rotatable bonds is 7. The van der Waals surface area contributed by atoms with Crippen LogP contribution in [0.3, 0.4) is 0 Å². The van der Waals surface area contributed by atoms with E-state index in [0.717, 1.165) is 32.3 Å². The van der Waals surface area contributed by atoms with Gasteiger partial charge < -0.3 is 14.6 Å². The molecule has 1 aromatic heterocycles. The summed E-state index contributed by atoms with van der Waals surface area (Å²) >= 11 is 1.30. The fourth-order valence-corrected chi connectivity index (χ4v) is 4.74. The molecule has 166 valence electrons. The standard InChI is InChI=1S/C27H22O5S/c1-16-12-17(2)18(3)23(13-16)25(30)27-26(22-9-6-20(29)14-24(22)33-27)32-21-7-4-19(5-8-21)10-11-31-15-28/h4-15,29H,1-3H3/b11-10+. The Balaban J connectivity index is 1.77. The number of aryl methyl sites for hydroxylation is 2. The molecule has 0 saturated carbocycles. The van der Waals surface area contributed by atoms with E-state index in [0.29, 0.717) is 28.4 Å². The van der Waals surface area contributed by atoms with Gasteiger partial charge in [0.05, 0.1) is 6.26 Å². The number of fused-ring (bicyclic) bond motifs is 1. The lowest BCUT2D eigenvalue weighted by molar-refractivity contribution is -0.123. The SMILES string of the molecule is Cc1cc(C)c(C)c(C(=O)c2sc3cc(O)ccc3c2Oc2ccc(/C=C/OC=O)cc2)c1. The zero-order valence-corrected chi connectivity index (χ0v) is 19.2. The fraction of sp³-hybridized carbons (Fsp3) is 0.111. The predicted molar refractivity (Wildman–Crippen MR) is 130 cm³/mol. The van der Waals surface area contributed by atoms with Crippen molar-refractivity contribution in [1.29, 1.82) is 0 Å². The summed E-state index contributed by atoms with van der Waals surface area (Å²) in [7, 11) is 0. The van der Waals surface area contributed by atoms with Crippen molar-refractivity contribution in [3.8, 4) is 17.2 Å². The third-order valence-corrected chi connectivity index (χ3v) is 6.52. The number of ether oxygens (including phenoxy) is 2. The molecule has 0 spiro atoms. The van der Waals surface area contributed by atoms with Gasteiger partial charge in [0.25, 0.3) is 6.47 Å². The number of phenols is 1. The van der Waals surface area contributed by atoms with Crippen LogP contribution < -0.4 is 4.74 Å². The van der Waals surface area contributed by atoms with Crippen molar-refractivity contribution in [1.82, 2.24) is 0 Å². The number of hydrogen-bond acceptors (Lipinski definition) is 6. The maximum absolute atomic E-state index is 13.7. The van der Waals surface area contributed by atoms with Gasteiger partial charge in [-0.3, -0.25) is 9.59 Å². The summed E-state index contributed by atoms with van der Waals surface area (Å²) in [4.78, 5) is 24.4. The highest BCUT2D eigenvalue weighted by molar-refractivity contribution is 7.21. The van der Waals surface area contributed by atoms with Crippen LogP contribution in [0.1, 0.15) is 37.5 Å². The van der Waals surface area contributed by atoms with Gasteiger partial charge >= 0.3 is 0 Å². The second-order valence-corrected chi connectivity index (χ2v) is 8.78. The van der Waals surface area contributed by atoms with Gasteiger partial charge in [0.2, 0.25) is 5.78 Å². The molecule has 0 aliphatic heterocycles. The van der Waals surface area contributed by atoms with E-state index in [1.54, 1.807) is 36.4 Å². The van der Waals surface area contributed by atoms with E-state index in [1.807, 2.05) is 39.0 Å². The molecule has 4 aromatic rings. The van der Waals surface area contributed by atoms with Gasteiger partial charge in [0.1, 0.15) is 16.4 Å². The van der Waals surface area contributed by atoms with E-state index in [2.05, 4.69) is 10.8 Å². The Hall–Kier alpha value is -3.90. The third-order valence-electron chi connectivity index (χ3n) is 5.39. The van der Waals surface area contributed by atoms with E-state index in [4.69, 9.17) is 4.74 Å². The number of ketones is 1. The molecule has 1 heterocycles. The molecule has 0 radical (unpaired) electrons. The van der Waals surface area contributed by atoms with E-state index in [9.17, 15) is 14.7 Å². The van der Waals surface area contributed by atoms with Gasteiger partial charge in [-0.15, -0.1) is 11.3 Å². The first-order valence-electron chi connectivity index (χ1n) is 10.3. The lowest BCUT2D eigenvalue weighted by atomic mass is 9.96. The first kappa shape index (κ1) is 22.3. The molecular formula is C27H22O5S. The zero-order valence-electron chi connectivity index (χ0n) is 18.4. The van der Waals surface area contributed by atoms with Crippen LogP contribution in [-0.2, 0) is 9.53 Å². The monoisotopic (exact) mass is 458 g/mol. The number of carbonyl (C=O) groups is 2. The highest BCUT2D eigenvalue weighted by Gasteiger charge is 2.24. The summed E-state index contributed by atoms with van der Waals surface area (Å²) in [5.74, 6) is 1.04. The molecule has 0 saturated heterocycles.